The fourth-order valence-corrected chi connectivity index (χ4v) is 4.54. The number of carbonyl (C=O) groups is 2. The Balaban J connectivity index is 1.65. The number of rotatable bonds is 4. The third kappa shape index (κ3) is 4.28. The third-order valence-electron chi connectivity index (χ3n) is 4.38. The Morgan fingerprint density at radius 3 is 2.48 bits per heavy atom. The minimum atomic E-state index is -3.37. The van der Waals surface area contributed by atoms with Gasteiger partial charge in [-0.2, -0.15) is 0 Å². The fraction of sp³-hybridized carbons (Fsp3) is 0.263. The van der Waals surface area contributed by atoms with E-state index < -0.39 is 15.9 Å². The molecule has 0 aromatic heterocycles. The normalized spacial score (nSPS) is 15.9. The Morgan fingerprint density at radius 1 is 1.11 bits per heavy atom. The van der Waals surface area contributed by atoms with Crippen molar-refractivity contribution in [1.29, 1.82) is 0 Å². The number of sulfonamides is 1. The highest BCUT2D eigenvalue weighted by Crippen LogP contribution is 2.34. The van der Waals surface area contributed by atoms with Crippen LogP contribution in [0.3, 0.4) is 0 Å². The number of carbonyl (C=O) groups excluding carboxylic acids is 2. The maximum absolute atomic E-state index is 12.3. The highest BCUT2D eigenvalue weighted by molar-refractivity contribution is 7.92. The summed E-state index contributed by atoms with van der Waals surface area (Å²) in [5.41, 5.74) is 7.37. The maximum Gasteiger partial charge on any atom is 0.269 e. The zero-order valence-corrected chi connectivity index (χ0v) is 15.9. The average Bonchev–Trinajstić information content (AvgIpc) is 2.95. The number of benzene rings is 2. The summed E-state index contributed by atoms with van der Waals surface area (Å²) >= 11 is 0. The summed E-state index contributed by atoms with van der Waals surface area (Å²) in [5, 5.41) is 0. The van der Waals surface area contributed by atoms with Crippen molar-refractivity contribution < 1.29 is 18.0 Å². The predicted molar refractivity (Wildman–Crippen MR) is 103 cm³/mol. The van der Waals surface area contributed by atoms with Crippen LogP contribution in [-0.2, 0) is 27.7 Å². The Bertz CT molecular complexity index is 974. The Morgan fingerprint density at radius 2 is 1.81 bits per heavy atom. The van der Waals surface area contributed by atoms with Crippen LogP contribution in [0.2, 0.25) is 0 Å². The Hall–Kier alpha value is -2.87. The number of hydrogen-bond donors (Lipinski definition) is 2. The molecule has 2 N–H and O–H groups in total. The summed E-state index contributed by atoms with van der Waals surface area (Å²) in [6.45, 7) is 1.82. The lowest BCUT2D eigenvalue weighted by Gasteiger charge is -2.21. The number of anilines is 1. The molecule has 142 valence electrons. The van der Waals surface area contributed by atoms with E-state index >= 15 is 0 Å². The largest absolute Gasteiger partial charge is 0.273 e. The molecule has 27 heavy (non-hydrogen) atoms. The van der Waals surface area contributed by atoms with Gasteiger partial charge in [0.05, 0.1) is 18.4 Å². The van der Waals surface area contributed by atoms with Crippen LogP contribution in [0.1, 0.15) is 28.4 Å². The summed E-state index contributed by atoms with van der Waals surface area (Å²) < 4.78 is 25.3. The fourth-order valence-electron chi connectivity index (χ4n) is 3.27. The molecule has 0 saturated carbocycles. The van der Waals surface area contributed by atoms with E-state index in [0.29, 0.717) is 17.7 Å². The first kappa shape index (κ1) is 18.9. The van der Waals surface area contributed by atoms with E-state index in [9.17, 15) is 18.0 Å². The molecule has 3 rings (SSSR count). The highest BCUT2D eigenvalue weighted by Gasteiger charge is 2.32. The molecule has 2 aromatic rings. The van der Waals surface area contributed by atoms with Crippen LogP contribution in [0.5, 0.6) is 0 Å². The molecule has 0 bridgehead atoms. The van der Waals surface area contributed by atoms with Gasteiger partial charge in [-0.3, -0.25) is 24.7 Å². The highest BCUT2D eigenvalue weighted by atomic mass is 32.2. The molecule has 2 amide bonds. The van der Waals surface area contributed by atoms with Gasteiger partial charge < -0.3 is 0 Å². The van der Waals surface area contributed by atoms with Crippen molar-refractivity contribution in [2.45, 2.75) is 25.8 Å². The smallest absolute Gasteiger partial charge is 0.269 e. The van der Waals surface area contributed by atoms with E-state index in [1.54, 1.807) is 18.2 Å². The van der Waals surface area contributed by atoms with Gasteiger partial charge in [0.15, 0.2) is 0 Å². The topological polar surface area (TPSA) is 95.6 Å². The summed E-state index contributed by atoms with van der Waals surface area (Å²) in [4.78, 5) is 24.2. The molecule has 1 unspecified atom stereocenters. The second-order valence-electron chi connectivity index (χ2n) is 6.62. The van der Waals surface area contributed by atoms with Gasteiger partial charge in [-0.25, -0.2) is 8.42 Å². The first-order valence-corrected chi connectivity index (χ1v) is 10.4. The van der Waals surface area contributed by atoms with Crippen molar-refractivity contribution in [2.75, 3.05) is 10.6 Å². The second kappa shape index (κ2) is 7.40. The number of hydrazine groups is 1. The molecule has 0 fully saturated rings. The van der Waals surface area contributed by atoms with Crippen LogP contribution < -0.4 is 15.2 Å². The van der Waals surface area contributed by atoms with Crippen LogP contribution in [0.15, 0.2) is 48.5 Å². The predicted octanol–water partition coefficient (Wildman–Crippen LogP) is 1.40. The molecule has 1 aliphatic rings. The quantitative estimate of drug-likeness (QED) is 0.775. The molecule has 8 heteroatoms. The molecule has 0 radical (unpaired) electrons. The van der Waals surface area contributed by atoms with Crippen LogP contribution in [-0.4, -0.2) is 32.5 Å². The molecule has 1 atom stereocenters. The van der Waals surface area contributed by atoms with Crippen LogP contribution in [0, 0.1) is 0 Å². The summed E-state index contributed by atoms with van der Waals surface area (Å²) in [6, 6.07) is 13.8. The molecule has 0 aliphatic carbocycles. The van der Waals surface area contributed by atoms with Gasteiger partial charge in [0.1, 0.15) is 0 Å². The van der Waals surface area contributed by atoms with Gasteiger partial charge in [0.25, 0.3) is 5.91 Å². The lowest BCUT2D eigenvalue weighted by molar-refractivity contribution is -0.121. The second-order valence-corrected chi connectivity index (χ2v) is 8.48. The van der Waals surface area contributed by atoms with E-state index in [-0.39, 0.29) is 18.4 Å². The van der Waals surface area contributed by atoms with E-state index in [1.165, 1.54) is 10.6 Å². The van der Waals surface area contributed by atoms with Crippen LogP contribution in [0.4, 0.5) is 5.69 Å². The molecule has 0 saturated heterocycles. The molecule has 1 aliphatic heterocycles. The van der Waals surface area contributed by atoms with Crippen LogP contribution in [0.25, 0.3) is 0 Å². The lowest BCUT2D eigenvalue weighted by Crippen LogP contribution is -2.42. The summed E-state index contributed by atoms with van der Waals surface area (Å²) in [5.74, 6) is -0.780. The van der Waals surface area contributed by atoms with Crippen molar-refractivity contribution in [2.24, 2.45) is 0 Å². The van der Waals surface area contributed by atoms with Gasteiger partial charge in [-0.15, -0.1) is 0 Å². The number of amides is 2. The van der Waals surface area contributed by atoms with Crippen molar-refractivity contribution in [3.8, 4) is 0 Å². The van der Waals surface area contributed by atoms with Gasteiger partial charge in [0.2, 0.25) is 15.9 Å². The molecule has 1 heterocycles. The molecule has 2 aromatic carbocycles. The first-order valence-electron chi connectivity index (χ1n) is 8.51. The van der Waals surface area contributed by atoms with Crippen molar-refractivity contribution in [3.63, 3.8) is 0 Å². The molecule has 0 spiro atoms. The standard InChI is InChI=1S/C19H21N3O4S/c1-13-10-16-12-15(8-9-17(16)22(13)27(2,25)26)19(24)21-20-18(23)11-14-6-4-3-5-7-14/h3-9,12-13H,10-11H2,1-2H3,(H,20,23)(H,21,24). The number of fused-ring (bicyclic) bond motifs is 1. The number of hydrogen-bond acceptors (Lipinski definition) is 4. The maximum atomic E-state index is 12.3. The number of nitrogens with zero attached hydrogens (tertiary/aromatic N) is 1. The van der Waals surface area contributed by atoms with Crippen molar-refractivity contribution in [1.82, 2.24) is 10.9 Å². The van der Waals surface area contributed by atoms with Gasteiger partial charge in [-0.1, -0.05) is 30.3 Å². The minimum absolute atomic E-state index is 0.159. The van der Waals surface area contributed by atoms with E-state index in [0.717, 1.165) is 11.1 Å². The first-order chi connectivity index (χ1) is 12.8. The molecule has 7 nitrogen and oxygen atoms in total. The van der Waals surface area contributed by atoms with Crippen LogP contribution >= 0.6 is 0 Å². The zero-order valence-electron chi connectivity index (χ0n) is 15.1. The molecular formula is C19H21N3O4S. The summed E-state index contributed by atoms with van der Waals surface area (Å²) in [6.07, 6.45) is 1.86. The SMILES string of the molecule is CC1Cc2cc(C(=O)NNC(=O)Cc3ccccc3)ccc2N1S(C)(=O)=O. The average molecular weight is 387 g/mol. The minimum Gasteiger partial charge on any atom is -0.273 e. The van der Waals surface area contributed by atoms with Gasteiger partial charge >= 0.3 is 0 Å². The molecular weight excluding hydrogens is 366 g/mol. The lowest BCUT2D eigenvalue weighted by atomic mass is 10.1. The van der Waals surface area contributed by atoms with E-state index in [4.69, 9.17) is 0 Å². The zero-order chi connectivity index (χ0) is 19.6. The van der Waals surface area contributed by atoms with Gasteiger partial charge in [-0.05, 0) is 42.7 Å². The summed E-state index contributed by atoms with van der Waals surface area (Å²) in [7, 11) is -3.37. The van der Waals surface area contributed by atoms with Gasteiger partial charge in [0, 0.05) is 11.6 Å². The Kier molecular flexibility index (Phi) is 5.18. The third-order valence-corrected chi connectivity index (χ3v) is 5.65. The van der Waals surface area contributed by atoms with Crippen molar-refractivity contribution >= 4 is 27.5 Å². The number of nitrogens with one attached hydrogen (secondary N) is 2. The monoisotopic (exact) mass is 387 g/mol. The Labute approximate surface area is 158 Å². The van der Waals surface area contributed by atoms with E-state index in [2.05, 4.69) is 10.9 Å². The van der Waals surface area contributed by atoms with Crippen molar-refractivity contribution in [3.05, 3.63) is 65.2 Å². The van der Waals surface area contributed by atoms with E-state index in [1.807, 2.05) is 37.3 Å².